The first kappa shape index (κ1) is 18.4. The molecule has 0 unspecified atom stereocenters. The summed E-state index contributed by atoms with van der Waals surface area (Å²) in [4.78, 5) is 14.9. The number of benzene rings is 1. The van der Waals surface area contributed by atoms with Crippen LogP contribution in [0.25, 0.3) is 0 Å². The third-order valence-corrected chi connectivity index (χ3v) is 3.89. The van der Waals surface area contributed by atoms with Crippen LogP contribution in [0.15, 0.2) is 30.3 Å². The van der Waals surface area contributed by atoms with Crippen molar-refractivity contribution in [2.75, 3.05) is 11.0 Å². The van der Waals surface area contributed by atoms with Gasteiger partial charge in [0.15, 0.2) is 0 Å². The summed E-state index contributed by atoms with van der Waals surface area (Å²) in [6.07, 6.45) is 0. The first-order valence-electron chi connectivity index (χ1n) is 7.34. The quantitative estimate of drug-likeness (QED) is 0.583. The summed E-state index contributed by atoms with van der Waals surface area (Å²) >= 11 is 2.36. The number of carbonyl (C=O) groups excluding carboxylic acids is 1. The summed E-state index contributed by atoms with van der Waals surface area (Å²) in [6, 6.07) is 10.3. The van der Waals surface area contributed by atoms with Gasteiger partial charge in [0.05, 0.1) is 5.54 Å². The largest absolute Gasteiger partial charge is 0.350 e. The van der Waals surface area contributed by atoms with Gasteiger partial charge >= 0.3 is 0 Å². The van der Waals surface area contributed by atoms with Gasteiger partial charge in [0.25, 0.3) is 0 Å². The molecule has 21 heavy (non-hydrogen) atoms. The minimum atomic E-state index is -0.533. The highest BCUT2D eigenvalue weighted by Crippen LogP contribution is 2.20. The van der Waals surface area contributed by atoms with Crippen LogP contribution in [0.5, 0.6) is 0 Å². The van der Waals surface area contributed by atoms with Crippen LogP contribution in [0.2, 0.25) is 0 Å². The summed E-state index contributed by atoms with van der Waals surface area (Å²) in [7, 11) is 0. The second kappa shape index (κ2) is 7.58. The maximum atomic E-state index is 12.6. The van der Waals surface area contributed by atoms with Gasteiger partial charge in [0, 0.05) is 23.1 Å². The van der Waals surface area contributed by atoms with Crippen molar-refractivity contribution in [1.82, 2.24) is 10.2 Å². The van der Waals surface area contributed by atoms with Gasteiger partial charge in [0.2, 0.25) is 5.91 Å². The molecule has 0 radical (unpaired) electrons. The average Bonchev–Trinajstić information content (AvgIpc) is 2.37. The van der Waals surface area contributed by atoms with E-state index in [0.29, 0.717) is 0 Å². The topological polar surface area (TPSA) is 32.3 Å². The van der Waals surface area contributed by atoms with E-state index in [2.05, 4.69) is 44.9 Å². The molecule has 0 atom stereocenters. The monoisotopic (exact) mass is 402 g/mol. The maximum Gasteiger partial charge on any atom is 0.240 e. The zero-order valence-electron chi connectivity index (χ0n) is 13.7. The first-order valence-corrected chi connectivity index (χ1v) is 8.87. The maximum absolute atomic E-state index is 12.6. The summed E-state index contributed by atoms with van der Waals surface area (Å²) in [5, 5.41) is 3.10. The zero-order chi connectivity index (χ0) is 16.1. The van der Waals surface area contributed by atoms with Gasteiger partial charge in [-0.3, -0.25) is 9.69 Å². The molecule has 1 amide bonds. The summed E-state index contributed by atoms with van der Waals surface area (Å²) in [5.74, 6) is 0.0794. The van der Waals surface area contributed by atoms with Crippen LogP contribution in [-0.2, 0) is 11.3 Å². The molecule has 0 fully saturated rings. The minimum absolute atomic E-state index is 0.0794. The summed E-state index contributed by atoms with van der Waals surface area (Å²) in [6.45, 7) is 11.7. The number of amides is 1. The highest BCUT2D eigenvalue weighted by atomic mass is 127. The highest BCUT2D eigenvalue weighted by molar-refractivity contribution is 14.1. The Hall–Kier alpha value is -0.620. The summed E-state index contributed by atoms with van der Waals surface area (Å²) < 4.78 is 0.997. The van der Waals surface area contributed by atoms with E-state index < -0.39 is 5.54 Å². The van der Waals surface area contributed by atoms with Crippen molar-refractivity contribution in [2.24, 2.45) is 0 Å². The molecule has 0 saturated carbocycles. The molecular formula is C17H27IN2O. The average molecular weight is 402 g/mol. The normalized spacial score (nSPS) is 12.5. The van der Waals surface area contributed by atoms with Crippen LogP contribution in [0.1, 0.15) is 40.2 Å². The van der Waals surface area contributed by atoms with Crippen LogP contribution in [-0.4, -0.2) is 32.9 Å². The van der Waals surface area contributed by atoms with E-state index in [1.54, 1.807) is 0 Å². The molecule has 4 heteroatoms. The lowest BCUT2D eigenvalue weighted by Crippen LogP contribution is -2.58. The number of carbonyl (C=O) groups is 1. The second-order valence-corrected chi connectivity index (χ2v) is 7.94. The van der Waals surface area contributed by atoms with Gasteiger partial charge in [0.1, 0.15) is 0 Å². The van der Waals surface area contributed by atoms with Gasteiger partial charge in [-0.1, -0.05) is 52.9 Å². The first-order chi connectivity index (χ1) is 9.66. The number of nitrogens with one attached hydrogen (secondary N) is 1. The van der Waals surface area contributed by atoms with E-state index in [9.17, 15) is 4.79 Å². The van der Waals surface area contributed by atoms with Crippen LogP contribution in [0, 0.1) is 0 Å². The molecule has 0 bridgehead atoms. The number of rotatable bonds is 6. The molecule has 1 rings (SSSR count). The van der Waals surface area contributed by atoms with Crippen LogP contribution in [0.4, 0.5) is 0 Å². The van der Waals surface area contributed by atoms with Crippen LogP contribution in [0.3, 0.4) is 0 Å². The lowest BCUT2D eigenvalue weighted by atomic mass is 9.98. The molecule has 0 heterocycles. The van der Waals surface area contributed by atoms with E-state index >= 15 is 0 Å². The van der Waals surface area contributed by atoms with Gasteiger partial charge in [-0.2, -0.15) is 0 Å². The van der Waals surface area contributed by atoms with Crippen molar-refractivity contribution >= 4 is 28.5 Å². The fourth-order valence-electron chi connectivity index (χ4n) is 2.10. The van der Waals surface area contributed by atoms with E-state index in [0.717, 1.165) is 17.5 Å². The number of nitrogens with zero attached hydrogens (tertiary/aromatic N) is 1. The van der Waals surface area contributed by atoms with Crippen molar-refractivity contribution in [3.8, 4) is 0 Å². The Kier molecular flexibility index (Phi) is 6.66. The predicted molar refractivity (Wildman–Crippen MR) is 97.7 cm³/mol. The van der Waals surface area contributed by atoms with E-state index in [-0.39, 0.29) is 11.4 Å². The molecule has 0 saturated heterocycles. The lowest BCUT2D eigenvalue weighted by molar-refractivity contribution is -0.133. The molecular weight excluding hydrogens is 375 g/mol. The molecule has 0 aliphatic heterocycles. The van der Waals surface area contributed by atoms with Crippen LogP contribution >= 0.6 is 22.6 Å². The SMILES string of the molecule is CC(C)(C)NC(=O)C(C)(C)N(CCI)Cc1ccccc1. The van der Waals surface area contributed by atoms with Crippen molar-refractivity contribution < 1.29 is 4.79 Å². The van der Waals surface area contributed by atoms with Gasteiger partial charge in [-0.05, 0) is 40.2 Å². The van der Waals surface area contributed by atoms with E-state index in [4.69, 9.17) is 0 Å². The Morgan fingerprint density at radius 1 is 1.14 bits per heavy atom. The van der Waals surface area contributed by atoms with Gasteiger partial charge in [-0.15, -0.1) is 0 Å². The van der Waals surface area contributed by atoms with Crippen molar-refractivity contribution in [1.29, 1.82) is 0 Å². The molecule has 1 N–H and O–H groups in total. The number of alkyl halides is 1. The molecule has 118 valence electrons. The molecule has 1 aromatic carbocycles. The predicted octanol–water partition coefficient (Wildman–Crippen LogP) is 3.62. The van der Waals surface area contributed by atoms with Crippen molar-refractivity contribution in [3.05, 3.63) is 35.9 Å². The Balaban J connectivity index is 2.89. The fourth-order valence-corrected chi connectivity index (χ4v) is 2.68. The third-order valence-electron chi connectivity index (χ3n) is 3.41. The number of hydrogen-bond donors (Lipinski definition) is 1. The number of halogens is 1. The highest BCUT2D eigenvalue weighted by Gasteiger charge is 2.35. The Labute approximate surface area is 142 Å². The van der Waals surface area contributed by atoms with E-state index in [1.807, 2.05) is 52.8 Å². The van der Waals surface area contributed by atoms with Crippen molar-refractivity contribution in [3.63, 3.8) is 0 Å². The van der Waals surface area contributed by atoms with Gasteiger partial charge < -0.3 is 5.32 Å². The lowest BCUT2D eigenvalue weighted by Gasteiger charge is -2.39. The number of hydrogen-bond acceptors (Lipinski definition) is 2. The minimum Gasteiger partial charge on any atom is -0.350 e. The van der Waals surface area contributed by atoms with Crippen molar-refractivity contribution in [2.45, 2.75) is 52.2 Å². The molecule has 0 aromatic heterocycles. The molecule has 0 aliphatic rings. The Bertz CT molecular complexity index is 452. The zero-order valence-corrected chi connectivity index (χ0v) is 15.9. The molecule has 0 spiro atoms. The van der Waals surface area contributed by atoms with E-state index in [1.165, 1.54) is 5.56 Å². The molecule has 3 nitrogen and oxygen atoms in total. The Morgan fingerprint density at radius 3 is 2.19 bits per heavy atom. The standard InChI is InChI=1S/C17H27IN2O/c1-16(2,3)19-15(21)17(4,5)20(12-11-18)13-14-9-7-6-8-10-14/h6-10H,11-13H2,1-5H3,(H,19,21). The summed E-state index contributed by atoms with van der Waals surface area (Å²) in [5.41, 5.74) is 0.491. The smallest absolute Gasteiger partial charge is 0.240 e. The molecule has 1 aromatic rings. The molecule has 0 aliphatic carbocycles. The van der Waals surface area contributed by atoms with Gasteiger partial charge in [-0.25, -0.2) is 0 Å². The second-order valence-electron chi connectivity index (χ2n) is 6.86. The fraction of sp³-hybridized carbons (Fsp3) is 0.588. The van der Waals surface area contributed by atoms with Crippen LogP contribution < -0.4 is 5.32 Å². The third kappa shape index (κ3) is 5.94. The Morgan fingerprint density at radius 2 is 1.71 bits per heavy atom.